The molecule has 5 nitrogen and oxygen atoms in total. The third-order valence-corrected chi connectivity index (χ3v) is 3.87. The lowest BCUT2D eigenvalue weighted by atomic mass is 9.93. The summed E-state index contributed by atoms with van der Waals surface area (Å²) >= 11 is 5.78. The fraction of sp³-hybridized carbons (Fsp3) is 0.538. The standard InChI is InChI=1S/C13H17ClN2O3/c1-13(17)4-6-15(7-5-13)9-10-2-3-11(14)12(8-10)16(18)19/h2-3,8,17H,4-7,9H2,1H3. The molecule has 0 radical (unpaired) electrons. The molecule has 0 aromatic heterocycles. The normalized spacial score (nSPS) is 19.3. The molecule has 2 rings (SSSR count). The fourth-order valence-electron chi connectivity index (χ4n) is 2.25. The molecular formula is C13H17ClN2O3. The average molecular weight is 285 g/mol. The number of rotatable bonds is 3. The minimum absolute atomic E-state index is 0.0526. The molecule has 0 spiro atoms. The minimum atomic E-state index is -0.581. The van der Waals surface area contributed by atoms with E-state index in [-0.39, 0.29) is 10.7 Å². The molecule has 104 valence electrons. The molecule has 1 N–H and O–H groups in total. The van der Waals surface area contributed by atoms with E-state index in [1.807, 2.05) is 13.0 Å². The van der Waals surface area contributed by atoms with Crippen molar-refractivity contribution < 1.29 is 10.0 Å². The van der Waals surface area contributed by atoms with Crippen LogP contribution in [0.3, 0.4) is 0 Å². The van der Waals surface area contributed by atoms with Crippen LogP contribution >= 0.6 is 11.6 Å². The highest BCUT2D eigenvalue weighted by atomic mass is 35.5. The van der Waals surface area contributed by atoms with Crippen LogP contribution in [0.5, 0.6) is 0 Å². The van der Waals surface area contributed by atoms with Gasteiger partial charge in [0.05, 0.1) is 10.5 Å². The monoisotopic (exact) mass is 284 g/mol. The molecule has 1 heterocycles. The number of nitrogens with zero attached hydrogens (tertiary/aromatic N) is 2. The summed E-state index contributed by atoms with van der Waals surface area (Å²) in [5, 5.41) is 20.9. The van der Waals surface area contributed by atoms with Crippen molar-refractivity contribution in [3.8, 4) is 0 Å². The van der Waals surface area contributed by atoms with E-state index in [1.165, 1.54) is 6.07 Å². The van der Waals surface area contributed by atoms with Crippen LogP contribution < -0.4 is 0 Å². The van der Waals surface area contributed by atoms with Crippen LogP contribution in [0.4, 0.5) is 5.69 Å². The van der Waals surface area contributed by atoms with Crippen LogP contribution in [-0.4, -0.2) is 33.6 Å². The Bertz CT molecular complexity index is 481. The van der Waals surface area contributed by atoms with Gasteiger partial charge in [-0.15, -0.1) is 0 Å². The van der Waals surface area contributed by atoms with Gasteiger partial charge in [0.2, 0.25) is 0 Å². The zero-order valence-corrected chi connectivity index (χ0v) is 11.6. The first-order valence-corrected chi connectivity index (χ1v) is 6.63. The fourth-order valence-corrected chi connectivity index (χ4v) is 2.43. The van der Waals surface area contributed by atoms with Gasteiger partial charge in [0.15, 0.2) is 0 Å². The van der Waals surface area contributed by atoms with E-state index in [4.69, 9.17) is 11.6 Å². The van der Waals surface area contributed by atoms with Gasteiger partial charge in [-0.2, -0.15) is 0 Å². The first kappa shape index (κ1) is 14.2. The zero-order valence-electron chi connectivity index (χ0n) is 10.8. The van der Waals surface area contributed by atoms with Crippen LogP contribution in [-0.2, 0) is 6.54 Å². The van der Waals surface area contributed by atoms with Gasteiger partial charge in [-0.3, -0.25) is 15.0 Å². The summed E-state index contributed by atoms with van der Waals surface area (Å²) in [7, 11) is 0. The Morgan fingerprint density at radius 1 is 1.47 bits per heavy atom. The van der Waals surface area contributed by atoms with E-state index in [2.05, 4.69) is 4.90 Å². The van der Waals surface area contributed by atoms with Crippen molar-refractivity contribution in [2.75, 3.05) is 13.1 Å². The number of aliphatic hydroxyl groups is 1. The topological polar surface area (TPSA) is 66.6 Å². The van der Waals surface area contributed by atoms with Gasteiger partial charge in [-0.1, -0.05) is 17.7 Å². The summed E-state index contributed by atoms with van der Waals surface area (Å²) < 4.78 is 0. The predicted octanol–water partition coefficient (Wildman–Crippen LogP) is 2.60. The number of hydrogen-bond acceptors (Lipinski definition) is 4. The van der Waals surface area contributed by atoms with Crippen LogP contribution in [0.1, 0.15) is 25.3 Å². The Morgan fingerprint density at radius 3 is 2.68 bits per heavy atom. The maximum atomic E-state index is 10.8. The Labute approximate surface area is 116 Å². The summed E-state index contributed by atoms with van der Waals surface area (Å²) in [5.41, 5.74) is 0.239. The highest BCUT2D eigenvalue weighted by molar-refractivity contribution is 6.32. The summed E-state index contributed by atoms with van der Waals surface area (Å²) in [6.45, 7) is 4.08. The summed E-state index contributed by atoms with van der Waals surface area (Å²) in [5.74, 6) is 0. The van der Waals surface area contributed by atoms with Gasteiger partial charge in [-0.05, 0) is 31.4 Å². The van der Waals surface area contributed by atoms with E-state index in [0.29, 0.717) is 6.54 Å². The largest absolute Gasteiger partial charge is 0.390 e. The highest BCUT2D eigenvalue weighted by Gasteiger charge is 2.27. The molecule has 1 aliphatic rings. The van der Waals surface area contributed by atoms with Crippen LogP contribution in [0.2, 0.25) is 5.02 Å². The predicted molar refractivity (Wildman–Crippen MR) is 73.2 cm³/mol. The zero-order chi connectivity index (χ0) is 14.0. The second-order valence-electron chi connectivity index (χ2n) is 5.32. The Balaban J connectivity index is 2.04. The smallest absolute Gasteiger partial charge is 0.288 e. The molecule has 19 heavy (non-hydrogen) atoms. The van der Waals surface area contributed by atoms with Crippen molar-refractivity contribution in [1.82, 2.24) is 4.90 Å². The Kier molecular flexibility index (Phi) is 4.08. The molecule has 0 amide bonds. The summed E-state index contributed by atoms with van der Waals surface area (Å²) in [4.78, 5) is 12.5. The molecule has 1 saturated heterocycles. The van der Waals surface area contributed by atoms with Gasteiger partial charge < -0.3 is 5.11 Å². The van der Waals surface area contributed by atoms with Crippen LogP contribution in [0, 0.1) is 10.1 Å². The van der Waals surface area contributed by atoms with Crippen molar-refractivity contribution >= 4 is 17.3 Å². The molecule has 1 aromatic carbocycles. The first-order chi connectivity index (χ1) is 8.87. The van der Waals surface area contributed by atoms with Gasteiger partial charge >= 0.3 is 0 Å². The Hall–Kier alpha value is -1.17. The van der Waals surface area contributed by atoms with Crippen molar-refractivity contribution in [3.05, 3.63) is 38.9 Å². The van der Waals surface area contributed by atoms with E-state index < -0.39 is 10.5 Å². The molecule has 1 aliphatic heterocycles. The third kappa shape index (κ3) is 3.65. The van der Waals surface area contributed by atoms with E-state index in [1.54, 1.807) is 6.07 Å². The average Bonchev–Trinajstić information content (AvgIpc) is 2.34. The third-order valence-electron chi connectivity index (χ3n) is 3.55. The van der Waals surface area contributed by atoms with Crippen molar-refractivity contribution in [2.45, 2.75) is 31.9 Å². The summed E-state index contributed by atoms with van der Waals surface area (Å²) in [6.07, 6.45) is 1.45. The van der Waals surface area contributed by atoms with Crippen molar-refractivity contribution in [1.29, 1.82) is 0 Å². The molecule has 0 aliphatic carbocycles. The molecule has 0 saturated carbocycles. The lowest BCUT2D eigenvalue weighted by Gasteiger charge is -2.35. The lowest BCUT2D eigenvalue weighted by Crippen LogP contribution is -2.41. The van der Waals surface area contributed by atoms with Gasteiger partial charge in [0.1, 0.15) is 5.02 Å². The maximum absolute atomic E-state index is 10.8. The second-order valence-corrected chi connectivity index (χ2v) is 5.72. The lowest BCUT2D eigenvalue weighted by molar-refractivity contribution is -0.384. The number of halogens is 1. The van der Waals surface area contributed by atoms with Gasteiger partial charge in [0.25, 0.3) is 5.69 Å². The number of hydrogen-bond donors (Lipinski definition) is 1. The number of piperidine rings is 1. The molecule has 1 fully saturated rings. The molecule has 6 heteroatoms. The van der Waals surface area contributed by atoms with Crippen molar-refractivity contribution in [2.24, 2.45) is 0 Å². The molecule has 0 atom stereocenters. The summed E-state index contributed by atoms with van der Waals surface area (Å²) in [6, 6.07) is 4.90. The quantitative estimate of drug-likeness (QED) is 0.684. The van der Waals surface area contributed by atoms with Crippen LogP contribution in [0.15, 0.2) is 18.2 Å². The van der Waals surface area contributed by atoms with Crippen molar-refractivity contribution in [3.63, 3.8) is 0 Å². The number of nitro groups is 1. The second kappa shape index (κ2) is 5.45. The van der Waals surface area contributed by atoms with Crippen LogP contribution in [0.25, 0.3) is 0 Å². The van der Waals surface area contributed by atoms with E-state index in [0.717, 1.165) is 31.5 Å². The van der Waals surface area contributed by atoms with Gasteiger partial charge in [-0.25, -0.2) is 0 Å². The minimum Gasteiger partial charge on any atom is -0.390 e. The SMILES string of the molecule is CC1(O)CCN(Cc2ccc(Cl)c([N+](=O)[O-])c2)CC1. The number of likely N-dealkylation sites (tertiary alicyclic amines) is 1. The maximum Gasteiger partial charge on any atom is 0.288 e. The van der Waals surface area contributed by atoms with E-state index >= 15 is 0 Å². The molecule has 1 aromatic rings. The van der Waals surface area contributed by atoms with E-state index in [9.17, 15) is 15.2 Å². The number of nitro benzene ring substituents is 1. The molecule has 0 bridgehead atoms. The number of benzene rings is 1. The highest BCUT2D eigenvalue weighted by Crippen LogP contribution is 2.27. The Morgan fingerprint density at radius 2 is 2.11 bits per heavy atom. The molecule has 0 unspecified atom stereocenters. The first-order valence-electron chi connectivity index (χ1n) is 6.25. The molecular weight excluding hydrogens is 268 g/mol. The van der Waals surface area contributed by atoms with Gasteiger partial charge in [0, 0.05) is 25.7 Å².